The molecule has 2 unspecified atom stereocenters. The van der Waals surface area contributed by atoms with Crippen molar-refractivity contribution in [3.63, 3.8) is 0 Å². The fourth-order valence-corrected chi connectivity index (χ4v) is 3.36. The number of rotatable bonds is 6. The highest BCUT2D eigenvalue weighted by Gasteiger charge is 2.41. The molecule has 0 bridgehead atoms. The van der Waals surface area contributed by atoms with Crippen LogP contribution in [0.2, 0.25) is 0 Å². The average Bonchev–Trinajstić information content (AvgIpc) is 3.01. The van der Waals surface area contributed by atoms with Crippen molar-refractivity contribution in [3.05, 3.63) is 75.8 Å². The molecular weight excluding hydrogens is 304 g/mol. The highest BCUT2D eigenvalue weighted by molar-refractivity contribution is 5.31. The molecule has 0 amide bonds. The van der Waals surface area contributed by atoms with E-state index in [4.69, 9.17) is 4.74 Å². The summed E-state index contributed by atoms with van der Waals surface area (Å²) in [5.74, 6) is 0.720. The number of likely N-dealkylation sites (tertiary alicyclic amines) is 1. The third kappa shape index (κ3) is 3.74. The van der Waals surface area contributed by atoms with Gasteiger partial charge in [-0.15, -0.1) is 0 Å². The molecule has 1 heterocycles. The van der Waals surface area contributed by atoms with Crippen molar-refractivity contribution in [1.82, 2.24) is 4.90 Å². The van der Waals surface area contributed by atoms with Gasteiger partial charge in [0.2, 0.25) is 6.04 Å². The van der Waals surface area contributed by atoms with Gasteiger partial charge in [-0.25, -0.2) is 0 Å². The lowest BCUT2D eigenvalue weighted by atomic mass is 9.95. The second-order valence-electron chi connectivity index (χ2n) is 6.14. The minimum absolute atomic E-state index is 0.0839. The van der Waals surface area contributed by atoms with Crippen LogP contribution in [0.4, 0.5) is 0 Å². The van der Waals surface area contributed by atoms with Crippen molar-refractivity contribution in [3.8, 4) is 5.75 Å². The first-order valence-electron chi connectivity index (χ1n) is 8.30. The summed E-state index contributed by atoms with van der Waals surface area (Å²) in [4.78, 5) is 13.5. The van der Waals surface area contributed by atoms with E-state index < -0.39 is 6.04 Å². The van der Waals surface area contributed by atoms with E-state index in [1.807, 2.05) is 49.4 Å². The Morgan fingerprint density at radius 3 is 2.46 bits per heavy atom. The van der Waals surface area contributed by atoms with Gasteiger partial charge in [0.1, 0.15) is 5.75 Å². The minimum atomic E-state index is -0.563. The number of hydrogen-bond acceptors (Lipinski definition) is 4. The zero-order chi connectivity index (χ0) is 16.9. The largest absolute Gasteiger partial charge is 0.494 e. The summed E-state index contributed by atoms with van der Waals surface area (Å²) in [6, 6.07) is 17.3. The van der Waals surface area contributed by atoms with Crippen molar-refractivity contribution in [1.29, 1.82) is 0 Å². The van der Waals surface area contributed by atoms with Crippen LogP contribution in [0.1, 0.15) is 24.0 Å². The van der Waals surface area contributed by atoms with Crippen LogP contribution in [0.25, 0.3) is 0 Å². The normalized spacial score (nSPS) is 20.9. The Morgan fingerprint density at radius 1 is 1.12 bits per heavy atom. The van der Waals surface area contributed by atoms with Crippen LogP contribution in [0.3, 0.4) is 0 Å². The molecule has 0 spiro atoms. The Hall–Kier alpha value is -2.40. The fraction of sp³-hybridized carbons (Fsp3) is 0.368. The molecule has 3 rings (SSSR count). The number of benzene rings is 2. The van der Waals surface area contributed by atoms with Gasteiger partial charge < -0.3 is 4.74 Å². The van der Waals surface area contributed by atoms with Crippen molar-refractivity contribution in [2.45, 2.75) is 25.4 Å². The van der Waals surface area contributed by atoms with Crippen LogP contribution in [-0.2, 0) is 6.54 Å². The maximum atomic E-state index is 11.5. The zero-order valence-corrected chi connectivity index (χ0v) is 13.8. The SMILES string of the molecule is CCOc1ccc(C2CN(Cc3ccccc3)CC2[N+](=O)[O-])cc1. The predicted octanol–water partition coefficient (Wildman–Crippen LogP) is 3.33. The summed E-state index contributed by atoms with van der Waals surface area (Å²) >= 11 is 0. The lowest BCUT2D eigenvalue weighted by molar-refractivity contribution is -0.521. The molecular formula is C19H22N2O3. The van der Waals surface area contributed by atoms with Crippen molar-refractivity contribution in [2.75, 3.05) is 19.7 Å². The molecule has 24 heavy (non-hydrogen) atoms. The Labute approximate surface area is 142 Å². The predicted molar refractivity (Wildman–Crippen MR) is 92.9 cm³/mol. The molecule has 0 saturated carbocycles. The van der Waals surface area contributed by atoms with E-state index in [0.29, 0.717) is 19.7 Å². The molecule has 0 aromatic heterocycles. The van der Waals surface area contributed by atoms with E-state index in [9.17, 15) is 10.1 Å². The van der Waals surface area contributed by atoms with E-state index in [1.54, 1.807) is 0 Å². The fourth-order valence-electron chi connectivity index (χ4n) is 3.36. The van der Waals surface area contributed by atoms with Crippen LogP contribution in [-0.4, -0.2) is 35.6 Å². The molecule has 1 saturated heterocycles. The van der Waals surface area contributed by atoms with E-state index in [0.717, 1.165) is 17.9 Å². The Bertz CT molecular complexity index is 673. The van der Waals surface area contributed by atoms with Gasteiger partial charge in [0.25, 0.3) is 0 Å². The van der Waals surface area contributed by atoms with Crippen LogP contribution < -0.4 is 4.74 Å². The van der Waals surface area contributed by atoms with Gasteiger partial charge in [-0.3, -0.25) is 15.0 Å². The molecule has 0 aliphatic carbocycles. The lowest BCUT2D eigenvalue weighted by Crippen LogP contribution is -2.28. The number of nitro groups is 1. The van der Waals surface area contributed by atoms with Crippen LogP contribution in [0.5, 0.6) is 5.75 Å². The van der Waals surface area contributed by atoms with Gasteiger partial charge in [0, 0.05) is 18.0 Å². The summed E-state index contributed by atoms with van der Waals surface area (Å²) in [5.41, 5.74) is 2.20. The second-order valence-corrected chi connectivity index (χ2v) is 6.14. The van der Waals surface area contributed by atoms with E-state index in [2.05, 4.69) is 17.0 Å². The first kappa shape index (κ1) is 16.5. The van der Waals surface area contributed by atoms with Crippen molar-refractivity contribution in [2.24, 2.45) is 0 Å². The molecule has 0 N–H and O–H groups in total. The summed E-state index contributed by atoms with van der Waals surface area (Å²) in [5, 5.41) is 11.5. The van der Waals surface area contributed by atoms with Gasteiger partial charge >= 0.3 is 0 Å². The molecule has 5 nitrogen and oxygen atoms in total. The molecule has 0 radical (unpaired) electrons. The van der Waals surface area contributed by atoms with E-state index in [-0.39, 0.29) is 10.8 Å². The maximum Gasteiger partial charge on any atom is 0.233 e. The number of nitrogens with zero attached hydrogens (tertiary/aromatic N) is 2. The van der Waals surface area contributed by atoms with Gasteiger partial charge in [-0.05, 0) is 30.2 Å². The number of ether oxygens (including phenoxy) is 1. The minimum Gasteiger partial charge on any atom is -0.494 e. The Morgan fingerprint density at radius 2 is 1.83 bits per heavy atom. The van der Waals surface area contributed by atoms with Crippen molar-refractivity contribution >= 4 is 0 Å². The quantitative estimate of drug-likeness (QED) is 0.603. The molecule has 2 aromatic rings. The Kier molecular flexibility index (Phi) is 5.11. The second kappa shape index (κ2) is 7.45. The van der Waals surface area contributed by atoms with Crippen LogP contribution in [0, 0.1) is 10.1 Å². The first-order chi connectivity index (χ1) is 11.7. The monoisotopic (exact) mass is 326 g/mol. The summed E-state index contributed by atoms with van der Waals surface area (Å²) in [7, 11) is 0. The molecule has 1 aliphatic heterocycles. The highest BCUT2D eigenvalue weighted by Crippen LogP contribution is 2.31. The van der Waals surface area contributed by atoms with Crippen LogP contribution >= 0.6 is 0 Å². The third-order valence-corrected chi connectivity index (χ3v) is 4.50. The first-order valence-corrected chi connectivity index (χ1v) is 8.30. The molecule has 5 heteroatoms. The summed E-state index contributed by atoms with van der Waals surface area (Å²) < 4.78 is 5.45. The van der Waals surface area contributed by atoms with E-state index >= 15 is 0 Å². The zero-order valence-electron chi connectivity index (χ0n) is 13.8. The average molecular weight is 326 g/mol. The molecule has 126 valence electrons. The molecule has 2 atom stereocenters. The van der Waals surface area contributed by atoms with Gasteiger partial charge in [0.05, 0.1) is 19.1 Å². The van der Waals surface area contributed by atoms with Gasteiger partial charge in [-0.2, -0.15) is 0 Å². The van der Waals surface area contributed by atoms with Crippen molar-refractivity contribution < 1.29 is 9.66 Å². The summed E-state index contributed by atoms with van der Waals surface area (Å²) in [6.07, 6.45) is 0. The van der Waals surface area contributed by atoms with Gasteiger partial charge in [-0.1, -0.05) is 42.5 Å². The maximum absolute atomic E-state index is 11.5. The smallest absolute Gasteiger partial charge is 0.233 e. The molecule has 2 aromatic carbocycles. The third-order valence-electron chi connectivity index (χ3n) is 4.50. The highest BCUT2D eigenvalue weighted by atomic mass is 16.6. The summed E-state index contributed by atoms with van der Waals surface area (Å²) in [6.45, 7) is 4.49. The standard InChI is InChI=1S/C19H22N2O3/c1-2-24-17-10-8-16(9-11-17)18-13-20(14-19(18)21(22)23)12-15-6-4-3-5-7-15/h3-11,18-19H,2,12-14H2,1H3. The van der Waals surface area contributed by atoms with E-state index in [1.165, 1.54) is 5.56 Å². The topological polar surface area (TPSA) is 55.6 Å². The van der Waals surface area contributed by atoms with Gasteiger partial charge in [0.15, 0.2) is 0 Å². The molecule has 1 fully saturated rings. The molecule has 1 aliphatic rings. The van der Waals surface area contributed by atoms with Crippen LogP contribution in [0.15, 0.2) is 54.6 Å². The lowest BCUT2D eigenvalue weighted by Gasteiger charge is -2.15. The number of hydrogen-bond donors (Lipinski definition) is 0. The Balaban J connectivity index is 1.74.